The molecule has 2 unspecified atom stereocenters. The second-order valence-corrected chi connectivity index (χ2v) is 13.5. The highest BCUT2D eigenvalue weighted by Gasteiger charge is 2.46. The number of sulfonamides is 1. The maximum atomic E-state index is 13.9. The average Bonchev–Trinajstić information content (AvgIpc) is 3.73. The number of amides is 1. The number of carboxylic acids is 1. The highest BCUT2D eigenvalue weighted by atomic mass is 32.2. The molecule has 2 aromatic carbocycles. The predicted octanol–water partition coefficient (Wildman–Crippen LogP) is 3.45. The first-order valence-corrected chi connectivity index (χ1v) is 15.9. The van der Waals surface area contributed by atoms with Gasteiger partial charge in [0.25, 0.3) is 10.0 Å². The van der Waals surface area contributed by atoms with Crippen LogP contribution >= 0.6 is 11.3 Å². The first-order valence-electron chi connectivity index (χ1n) is 13.6. The van der Waals surface area contributed by atoms with Crippen molar-refractivity contribution in [2.45, 2.75) is 16.3 Å². The topological polar surface area (TPSA) is 142 Å². The summed E-state index contributed by atoms with van der Waals surface area (Å²) in [6, 6.07) is 15.3. The quantitative estimate of drug-likeness (QED) is 0.297. The summed E-state index contributed by atoms with van der Waals surface area (Å²) in [4.78, 5) is 52.4. The fourth-order valence-corrected chi connectivity index (χ4v) is 8.12. The van der Waals surface area contributed by atoms with E-state index in [1.165, 1.54) is 15.3 Å². The number of hydrogen-bond donors (Lipinski definition) is 1. The number of esters is 2. The van der Waals surface area contributed by atoms with Gasteiger partial charge >= 0.3 is 24.1 Å². The van der Waals surface area contributed by atoms with Crippen molar-refractivity contribution in [2.24, 2.45) is 5.92 Å². The minimum atomic E-state index is -5.42. The molecule has 45 heavy (non-hydrogen) atoms. The zero-order valence-corrected chi connectivity index (χ0v) is 25.0. The number of carboxylic acid groups (broad SMARTS) is 1. The number of carbonyl (C=O) groups is 4. The number of hydrogen-bond acceptors (Lipinski definition) is 9. The molecule has 2 aliphatic heterocycles. The Labute approximate surface area is 259 Å². The molecule has 16 heteroatoms. The number of anilines is 1. The number of carbonyl (C=O) groups excluding carboxylic acids is 3. The molecule has 1 amide bonds. The Balaban J connectivity index is 1.35. The van der Waals surface area contributed by atoms with Crippen molar-refractivity contribution >= 4 is 50.9 Å². The lowest BCUT2D eigenvalue weighted by atomic mass is 9.88. The second kappa shape index (κ2) is 12.6. The Bertz CT molecular complexity index is 1710. The van der Waals surface area contributed by atoms with Crippen molar-refractivity contribution in [1.82, 2.24) is 9.21 Å². The number of thiophene rings is 1. The third kappa shape index (κ3) is 6.72. The summed E-state index contributed by atoms with van der Waals surface area (Å²) in [7, 11) is -3.83. The number of halogens is 3. The van der Waals surface area contributed by atoms with Gasteiger partial charge in [-0.2, -0.15) is 17.5 Å². The summed E-state index contributed by atoms with van der Waals surface area (Å²) in [6.07, 6.45) is -5.42. The van der Waals surface area contributed by atoms with E-state index < -0.39 is 51.5 Å². The van der Waals surface area contributed by atoms with Crippen molar-refractivity contribution in [3.8, 4) is 0 Å². The van der Waals surface area contributed by atoms with Crippen LogP contribution in [0.1, 0.15) is 32.2 Å². The molecule has 0 saturated carbocycles. The fraction of sp³-hybridized carbons (Fsp3) is 0.310. The van der Waals surface area contributed by atoms with E-state index in [0.717, 1.165) is 35.1 Å². The third-order valence-electron chi connectivity index (χ3n) is 7.73. The van der Waals surface area contributed by atoms with Crippen LogP contribution in [0.4, 0.5) is 18.9 Å². The molecule has 11 nitrogen and oxygen atoms in total. The summed E-state index contributed by atoms with van der Waals surface area (Å²) >= 11 is 1.09. The zero-order chi connectivity index (χ0) is 32.5. The minimum Gasteiger partial charge on any atom is -0.478 e. The fourth-order valence-electron chi connectivity index (χ4n) is 5.49. The molecule has 1 aromatic heterocycles. The van der Waals surface area contributed by atoms with E-state index in [1.807, 2.05) is 30.3 Å². The molecule has 238 valence electrons. The smallest absolute Gasteiger partial charge is 0.478 e. The molecule has 2 atom stereocenters. The maximum Gasteiger partial charge on any atom is 0.491 e. The van der Waals surface area contributed by atoms with Gasteiger partial charge in [0.15, 0.2) is 0 Å². The van der Waals surface area contributed by atoms with Crippen molar-refractivity contribution in [1.29, 1.82) is 0 Å². The molecule has 0 bridgehead atoms. The molecular formula is C29H26F3N3O8S2. The van der Waals surface area contributed by atoms with Crippen LogP contribution in [0.5, 0.6) is 0 Å². The van der Waals surface area contributed by atoms with Crippen LogP contribution in [0, 0.1) is 5.92 Å². The van der Waals surface area contributed by atoms with Gasteiger partial charge in [0.05, 0.1) is 22.7 Å². The summed E-state index contributed by atoms with van der Waals surface area (Å²) < 4.78 is 70.3. The van der Waals surface area contributed by atoms with Crippen LogP contribution in [0.3, 0.4) is 0 Å². The summed E-state index contributed by atoms with van der Waals surface area (Å²) in [5.74, 6) is -7.09. The van der Waals surface area contributed by atoms with Gasteiger partial charge in [0.2, 0.25) is 5.91 Å². The minimum absolute atomic E-state index is 0.0390. The van der Waals surface area contributed by atoms with E-state index in [1.54, 1.807) is 16.3 Å². The van der Waals surface area contributed by atoms with Crippen molar-refractivity contribution in [3.05, 3.63) is 82.7 Å². The Kier molecular flexibility index (Phi) is 9.00. The van der Waals surface area contributed by atoms with Gasteiger partial charge in [0.1, 0.15) is 4.21 Å². The van der Waals surface area contributed by atoms with Crippen LogP contribution in [-0.2, 0) is 24.3 Å². The second-order valence-electron chi connectivity index (χ2n) is 10.4. The molecule has 3 aromatic rings. The van der Waals surface area contributed by atoms with E-state index >= 15 is 0 Å². The Morgan fingerprint density at radius 3 is 2.20 bits per heavy atom. The van der Waals surface area contributed by atoms with Gasteiger partial charge in [-0.1, -0.05) is 36.4 Å². The van der Waals surface area contributed by atoms with E-state index in [0.29, 0.717) is 0 Å². The highest BCUT2D eigenvalue weighted by molar-refractivity contribution is 7.91. The summed E-state index contributed by atoms with van der Waals surface area (Å²) in [5.41, 5.74) is 0.0243. The number of ether oxygens (including phenoxy) is 1. The van der Waals surface area contributed by atoms with Crippen LogP contribution in [-0.4, -0.2) is 92.0 Å². The number of nitrogens with zero attached hydrogens (tertiary/aromatic N) is 3. The molecule has 0 spiro atoms. The van der Waals surface area contributed by atoms with Crippen molar-refractivity contribution in [3.63, 3.8) is 0 Å². The molecular weight excluding hydrogens is 639 g/mol. The Morgan fingerprint density at radius 2 is 1.60 bits per heavy atom. The lowest BCUT2D eigenvalue weighted by Gasteiger charge is -2.38. The van der Waals surface area contributed by atoms with Crippen LogP contribution in [0.15, 0.2) is 70.3 Å². The largest absolute Gasteiger partial charge is 0.491 e. The van der Waals surface area contributed by atoms with E-state index in [2.05, 4.69) is 4.74 Å². The monoisotopic (exact) mass is 665 g/mol. The van der Waals surface area contributed by atoms with Gasteiger partial charge in [-0.05, 0) is 35.2 Å². The summed E-state index contributed by atoms with van der Waals surface area (Å²) in [6.45, 7) is 0.349. The molecule has 3 heterocycles. The van der Waals surface area contributed by atoms with Crippen molar-refractivity contribution in [2.75, 3.05) is 44.2 Å². The third-order valence-corrected chi connectivity index (χ3v) is 10.9. The average molecular weight is 666 g/mol. The molecule has 0 radical (unpaired) electrons. The van der Waals surface area contributed by atoms with E-state index in [4.69, 9.17) is 0 Å². The molecule has 2 saturated heterocycles. The number of aromatic carboxylic acids is 1. The van der Waals surface area contributed by atoms with Gasteiger partial charge < -0.3 is 19.6 Å². The van der Waals surface area contributed by atoms with Crippen molar-refractivity contribution < 1.29 is 50.6 Å². The number of benzene rings is 2. The Hall–Kier alpha value is -4.28. The predicted molar refractivity (Wildman–Crippen MR) is 154 cm³/mol. The maximum absolute atomic E-state index is 13.9. The van der Waals surface area contributed by atoms with E-state index in [-0.39, 0.29) is 60.6 Å². The Morgan fingerprint density at radius 1 is 0.911 bits per heavy atom. The highest BCUT2D eigenvalue weighted by Crippen LogP contribution is 2.38. The molecule has 0 aliphatic carbocycles. The normalized spacial score (nSPS) is 19.4. The zero-order valence-electron chi connectivity index (χ0n) is 23.3. The van der Waals surface area contributed by atoms with Crippen LogP contribution in [0.2, 0.25) is 0 Å². The number of alkyl halides is 3. The van der Waals surface area contributed by atoms with Gasteiger partial charge in [-0.3, -0.25) is 4.79 Å². The standard InChI is InChI=1S/C29H26F3N3O8S2/c30-29(31,32)28(40)43-27(39)20-9-8-19(26(37)38)15-23(20)33-10-12-34(13-11-33)25(36)22-17-35(45(41,42)24-7-4-14-44-24)16-21(22)18-5-2-1-3-6-18/h1-9,14-15,21-22H,10-13,16-17H2,(H,37,38). The first-order chi connectivity index (χ1) is 21.3. The molecule has 1 N–H and O–H groups in total. The molecule has 2 fully saturated rings. The molecule has 5 rings (SSSR count). The molecule has 2 aliphatic rings. The van der Waals surface area contributed by atoms with Crippen LogP contribution < -0.4 is 4.90 Å². The SMILES string of the molecule is O=C(O)c1ccc(C(=O)OC(=O)C(F)(F)F)c(N2CCN(C(=O)C3CN(S(=O)(=O)c4cccs4)CC3c3ccccc3)CC2)c1. The lowest BCUT2D eigenvalue weighted by Crippen LogP contribution is -2.51. The van der Waals surface area contributed by atoms with E-state index in [9.17, 15) is 45.9 Å². The van der Waals surface area contributed by atoms with Gasteiger partial charge in [0, 0.05) is 45.2 Å². The number of rotatable bonds is 7. The summed E-state index contributed by atoms with van der Waals surface area (Å²) in [5, 5.41) is 11.1. The lowest BCUT2D eigenvalue weighted by molar-refractivity contribution is -0.193. The number of piperazine rings is 1. The van der Waals surface area contributed by atoms with Gasteiger partial charge in [-0.15, -0.1) is 11.3 Å². The van der Waals surface area contributed by atoms with Gasteiger partial charge in [-0.25, -0.2) is 22.8 Å². The first kappa shape index (κ1) is 32.1. The van der Waals surface area contributed by atoms with Crippen LogP contribution in [0.25, 0.3) is 0 Å².